The van der Waals surface area contributed by atoms with Gasteiger partial charge in [0, 0.05) is 71.1 Å². The van der Waals surface area contributed by atoms with Crippen LogP contribution in [-0.2, 0) is 0 Å². The lowest BCUT2D eigenvalue weighted by Crippen LogP contribution is -2.36. The molecule has 2 saturated heterocycles. The zero-order chi connectivity index (χ0) is 18.7. The molecule has 0 amide bonds. The van der Waals surface area contributed by atoms with E-state index in [1.807, 2.05) is 25.9 Å². The fourth-order valence-corrected chi connectivity index (χ4v) is 4.05. The van der Waals surface area contributed by atoms with Crippen LogP contribution in [0, 0.1) is 18.8 Å². The van der Waals surface area contributed by atoms with E-state index in [2.05, 4.69) is 32.8 Å². The summed E-state index contributed by atoms with van der Waals surface area (Å²) in [5, 5.41) is 9.93. The van der Waals surface area contributed by atoms with E-state index in [1.165, 1.54) is 13.0 Å². The first kappa shape index (κ1) is 19.3. The highest BCUT2D eigenvalue weighted by atomic mass is 16.3. The Morgan fingerprint density at radius 1 is 1.12 bits per heavy atom. The van der Waals surface area contributed by atoms with Crippen LogP contribution in [0.25, 0.3) is 0 Å². The molecule has 1 N–H and O–H groups in total. The molecule has 3 heterocycles. The van der Waals surface area contributed by atoms with Crippen molar-refractivity contribution >= 4 is 11.8 Å². The van der Waals surface area contributed by atoms with E-state index in [-0.39, 0.29) is 6.61 Å². The lowest BCUT2D eigenvalue weighted by atomic mass is 9.96. The number of aliphatic hydroxyl groups is 1. The van der Waals surface area contributed by atoms with Crippen LogP contribution >= 0.6 is 0 Å². The highest BCUT2D eigenvalue weighted by Crippen LogP contribution is 2.29. The molecule has 1 aromatic rings. The van der Waals surface area contributed by atoms with Gasteiger partial charge in [0.25, 0.3) is 0 Å². The quantitative estimate of drug-likeness (QED) is 0.820. The summed E-state index contributed by atoms with van der Waals surface area (Å²) in [7, 11) is 6.15. The van der Waals surface area contributed by atoms with Crippen LogP contribution in [-0.4, -0.2) is 98.4 Å². The minimum absolute atomic E-state index is 0.250. The number of hydrogen-bond donors (Lipinski definition) is 1. The number of hydrogen-bond acceptors (Lipinski definition) is 7. The number of anilines is 2. The van der Waals surface area contributed by atoms with Crippen LogP contribution in [0.2, 0.25) is 0 Å². The third-order valence-corrected chi connectivity index (χ3v) is 5.67. The average Bonchev–Trinajstić information content (AvgIpc) is 2.90. The molecule has 0 spiro atoms. The van der Waals surface area contributed by atoms with Gasteiger partial charge in [-0.25, -0.2) is 4.98 Å². The fraction of sp³-hybridized carbons (Fsp3) is 0.789. The molecule has 7 heteroatoms. The van der Waals surface area contributed by atoms with Crippen molar-refractivity contribution in [3.63, 3.8) is 0 Å². The van der Waals surface area contributed by atoms with Crippen molar-refractivity contribution in [2.45, 2.75) is 13.3 Å². The Morgan fingerprint density at radius 3 is 2.62 bits per heavy atom. The summed E-state index contributed by atoms with van der Waals surface area (Å²) in [6.07, 6.45) is 1.23. The van der Waals surface area contributed by atoms with Crippen molar-refractivity contribution in [3.05, 3.63) is 11.8 Å². The molecule has 26 heavy (non-hydrogen) atoms. The molecule has 1 aromatic heterocycles. The van der Waals surface area contributed by atoms with Gasteiger partial charge < -0.3 is 24.7 Å². The molecule has 2 atom stereocenters. The number of likely N-dealkylation sites (N-methyl/N-ethyl adjacent to an activating group) is 1. The average molecular weight is 363 g/mol. The predicted molar refractivity (Wildman–Crippen MR) is 106 cm³/mol. The highest BCUT2D eigenvalue weighted by molar-refractivity contribution is 5.46. The molecule has 0 aliphatic carbocycles. The standard InChI is InChI=1S/C19H34N6O/c1-15-10-18(21-19(20-15)22(2)3)25-12-16(17(13-25)14-26)11-24-7-5-6-23(4)8-9-24/h10,16-17,26H,5-9,11-14H2,1-4H3/t16-,17-/m1/s1. The molecule has 146 valence electrons. The maximum Gasteiger partial charge on any atom is 0.226 e. The number of aromatic nitrogens is 2. The van der Waals surface area contributed by atoms with Crippen molar-refractivity contribution in [2.24, 2.45) is 11.8 Å². The van der Waals surface area contributed by atoms with Gasteiger partial charge in [-0.3, -0.25) is 0 Å². The van der Waals surface area contributed by atoms with Gasteiger partial charge in [-0.15, -0.1) is 0 Å². The van der Waals surface area contributed by atoms with E-state index in [0.29, 0.717) is 11.8 Å². The first-order valence-corrected chi connectivity index (χ1v) is 9.76. The zero-order valence-corrected chi connectivity index (χ0v) is 16.7. The Bertz CT molecular complexity index is 595. The second-order valence-electron chi connectivity index (χ2n) is 8.13. The lowest BCUT2D eigenvalue weighted by Gasteiger charge is -2.26. The minimum atomic E-state index is 0.250. The molecule has 0 aromatic carbocycles. The summed E-state index contributed by atoms with van der Waals surface area (Å²) in [5.41, 5.74) is 0.984. The Kier molecular flexibility index (Phi) is 6.32. The van der Waals surface area contributed by atoms with Crippen molar-refractivity contribution in [2.75, 3.05) is 83.4 Å². The van der Waals surface area contributed by atoms with Gasteiger partial charge in [0.1, 0.15) is 5.82 Å². The van der Waals surface area contributed by atoms with Gasteiger partial charge in [0.2, 0.25) is 5.95 Å². The maximum absolute atomic E-state index is 9.93. The van der Waals surface area contributed by atoms with Gasteiger partial charge in [0.05, 0.1) is 0 Å². The summed E-state index contributed by atoms with van der Waals surface area (Å²) in [5.74, 6) is 2.54. The molecule has 0 radical (unpaired) electrons. The summed E-state index contributed by atoms with van der Waals surface area (Å²) >= 11 is 0. The van der Waals surface area contributed by atoms with Gasteiger partial charge in [-0.1, -0.05) is 0 Å². The summed E-state index contributed by atoms with van der Waals surface area (Å²) in [4.78, 5) is 18.5. The van der Waals surface area contributed by atoms with Gasteiger partial charge in [-0.2, -0.15) is 4.98 Å². The van der Waals surface area contributed by atoms with Crippen LogP contribution in [0.15, 0.2) is 6.07 Å². The molecule has 0 unspecified atom stereocenters. The zero-order valence-electron chi connectivity index (χ0n) is 16.7. The van der Waals surface area contributed by atoms with Crippen LogP contribution in [0.5, 0.6) is 0 Å². The van der Waals surface area contributed by atoms with E-state index < -0.39 is 0 Å². The first-order chi connectivity index (χ1) is 12.5. The van der Waals surface area contributed by atoms with E-state index in [4.69, 9.17) is 4.98 Å². The molecular weight excluding hydrogens is 328 g/mol. The summed E-state index contributed by atoms with van der Waals surface area (Å²) < 4.78 is 0. The fourth-order valence-electron chi connectivity index (χ4n) is 4.05. The molecule has 2 aliphatic rings. The van der Waals surface area contributed by atoms with Crippen molar-refractivity contribution in [1.29, 1.82) is 0 Å². The Balaban J connectivity index is 1.69. The predicted octanol–water partition coefficient (Wildman–Crippen LogP) is 0.533. The second-order valence-corrected chi connectivity index (χ2v) is 8.13. The highest BCUT2D eigenvalue weighted by Gasteiger charge is 2.34. The SMILES string of the molecule is Cc1cc(N2C[C@@H](CN3CCCN(C)CC3)[C@@H](CO)C2)nc(N(C)C)n1. The smallest absolute Gasteiger partial charge is 0.226 e. The molecule has 3 rings (SSSR count). The van der Waals surface area contributed by atoms with E-state index in [0.717, 1.165) is 56.7 Å². The minimum Gasteiger partial charge on any atom is -0.396 e. The summed E-state index contributed by atoms with van der Waals surface area (Å²) in [6, 6.07) is 2.06. The van der Waals surface area contributed by atoms with E-state index >= 15 is 0 Å². The van der Waals surface area contributed by atoms with Crippen molar-refractivity contribution in [3.8, 4) is 0 Å². The Hall–Kier alpha value is -1.44. The van der Waals surface area contributed by atoms with Crippen LogP contribution in [0.3, 0.4) is 0 Å². The van der Waals surface area contributed by atoms with Gasteiger partial charge in [0.15, 0.2) is 0 Å². The van der Waals surface area contributed by atoms with Crippen LogP contribution in [0.1, 0.15) is 12.1 Å². The number of aryl methyl sites for hydroxylation is 1. The molecule has 7 nitrogen and oxygen atoms in total. The van der Waals surface area contributed by atoms with E-state index in [9.17, 15) is 5.11 Å². The number of aliphatic hydroxyl groups excluding tert-OH is 1. The molecule has 0 saturated carbocycles. The Labute approximate surface area is 157 Å². The second kappa shape index (κ2) is 8.50. The maximum atomic E-state index is 9.93. The summed E-state index contributed by atoms with van der Waals surface area (Å²) in [6.45, 7) is 9.78. The third-order valence-electron chi connectivity index (χ3n) is 5.67. The third kappa shape index (κ3) is 4.64. The van der Waals surface area contributed by atoms with Crippen molar-refractivity contribution < 1.29 is 5.11 Å². The van der Waals surface area contributed by atoms with Crippen LogP contribution < -0.4 is 9.80 Å². The molecule has 0 bridgehead atoms. The van der Waals surface area contributed by atoms with Gasteiger partial charge >= 0.3 is 0 Å². The van der Waals surface area contributed by atoms with E-state index in [1.54, 1.807) is 0 Å². The molecular formula is C19H34N6O. The largest absolute Gasteiger partial charge is 0.396 e. The normalized spacial score (nSPS) is 25.5. The van der Waals surface area contributed by atoms with Crippen LogP contribution in [0.4, 0.5) is 11.8 Å². The van der Waals surface area contributed by atoms with Crippen molar-refractivity contribution in [1.82, 2.24) is 19.8 Å². The molecule has 2 fully saturated rings. The Morgan fingerprint density at radius 2 is 1.88 bits per heavy atom. The lowest BCUT2D eigenvalue weighted by molar-refractivity contribution is 0.165. The monoisotopic (exact) mass is 362 g/mol. The molecule has 2 aliphatic heterocycles. The number of rotatable bonds is 5. The number of nitrogens with zero attached hydrogens (tertiary/aromatic N) is 6. The first-order valence-electron chi connectivity index (χ1n) is 9.76. The topological polar surface area (TPSA) is 59.0 Å². The van der Waals surface area contributed by atoms with Gasteiger partial charge in [-0.05, 0) is 39.4 Å².